The van der Waals surface area contributed by atoms with Gasteiger partial charge < -0.3 is 20.3 Å². The number of nitriles is 1. The molecule has 28 heavy (non-hydrogen) atoms. The Balaban J connectivity index is 1.74. The number of nitrogens with zero attached hydrogens (tertiary/aromatic N) is 2. The smallest absolute Gasteiger partial charge is 0.315 e. The van der Waals surface area contributed by atoms with E-state index in [0.29, 0.717) is 30.8 Å². The van der Waals surface area contributed by atoms with Gasteiger partial charge in [0.05, 0.1) is 24.7 Å². The van der Waals surface area contributed by atoms with Crippen LogP contribution in [-0.2, 0) is 14.3 Å². The quantitative estimate of drug-likeness (QED) is 0.726. The van der Waals surface area contributed by atoms with Crippen molar-refractivity contribution in [2.45, 2.75) is 39.7 Å². The molecule has 8 nitrogen and oxygen atoms in total. The first-order valence-electron chi connectivity index (χ1n) is 9.21. The van der Waals surface area contributed by atoms with Crippen LogP contribution in [-0.4, -0.2) is 43.6 Å². The molecule has 0 unspecified atom stereocenters. The Kier molecular flexibility index (Phi) is 6.99. The number of carbonyl (C=O) groups is 3. The average Bonchev–Trinajstić information content (AvgIpc) is 3.00. The van der Waals surface area contributed by atoms with Gasteiger partial charge in [0.15, 0.2) is 0 Å². The summed E-state index contributed by atoms with van der Waals surface area (Å²) >= 11 is 0. The molecular formula is C20H26N4O4. The highest BCUT2D eigenvalue weighted by atomic mass is 16.5. The van der Waals surface area contributed by atoms with E-state index in [2.05, 4.69) is 10.6 Å². The van der Waals surface area contributed by atoms with Gasteiger partial charge in [-0.15, -0.1) is 0 Å². The fourth-order valence-electron chi connectivity index (χ4n) is 2.64. The third kappa shape index (κ3) is 6.27. The van der Waals surface area contributed by atoms with Crippen LogP contribution in [0.4, 0.5) is 10.5 Å². The molecular weight excluding hydrogens is 360 g/mol. The largest absolute Gasteiger partial charge is 0.465 e. The van der Waals surface area contributed by atoms with E-state index in [9.17, 15) is 14.4 Å². The minimum absolute atomic E-state index is 0.0689. The number of esters is 1. The van der Waals surface area contributed by atoms with E-state index in [4.69, 9.17) is 10.00 Å². The Hall–Kier alpha value is -3.08. The minimum Gasteiger partial charge on any atom is -0.465 e. The number of urea groups is 1. The molecule has 0 aliphatic carbocycles. The van der Waals surface area contributed by atoms with Gasteiger partial charge in [0.25, 0.3) is 0 Å². The minimum atomic E-state index is -0.622. The van der Waals surface area contributed by atoms with Crippen molar-refractivity contribution in [1.29, 1.82) is 5.26 Å². The van der Waals surface area contributed by atoms with Crippen molar-refractivity contribution in [3.63, 3.8) is 0 Å². The molecule has 0 bridgehead atoms. The molecule has 1 saturated heterocycles. The van der Waals surface area contributed by atoms with Crippen molar-refractivity contribution in [3.05, 3.63) is 29.8 Å². The van der Waals surface area contributed by atoms with Gasteiger partial charge in [-0.2, -0.15) is 5.26 Å². The van der Waals surface area contributed by atoms with E-state index < -0.39 is 12.1 Å². The SMILES string of the molecule is CC(C)(C)COC(=O)CCNC(=O)N[C@H]1CCN(c2ccc(C#N)cc2)C1=O. The van der Waals surface area contributed by atoms with Crippen molar-refractivity contribution < 1.29 is 19.1 Å². The number of amides is 3. The number of hydrogen-bond acceptors (Lipinski definition) is 5. The molecule has 2 N–H and O–H groups in total. The second kappa shape index (κ2) is 9.22. The van der Waals surface area contributed by atoms with Gasteiger partial charge in [-0.3, -0.25) is 9.59 Å². The van der Waals surface area contributed by atoms with Crippen molar-refractivity contribution in [2.75, 3.05) is 24.6 Å². The first-order valence-corrected chi connectivity index (χ1v) is 9.21. The topological polar surface area (TPSA) is 112 Å². The lowest BCUT2D eigenvalue weighted by Gasteiger charge is -2.18. The summed E-state index contributed by atoms with van der Waals surface area (Å²) in [6, 6.07) is 7.63. The summed E-state index contributed by atoms with van der Waals surface area (Å²) in [5.74, 6) is -0.580. The lowest BCUT2D eigenvalue weighted by molar-refractivity contribution is -0.146. The van der Waals surface area contributed by atoms with Gasteiger partial charge >= 0.3 is 12.0 Å². The average molecular weight is 386 g/mol. The molecule has 2 rings (SSSR count). The first kappa shape index (κ1) is 21.2. The zero-order valence-electron chi connectivity index (χ0n) is 16.4. The highest BCUT2D eigenvalue weighted by Gasteiger charge is 2.33. The van der Waals surface area contributed by atoms with Crippen LogP contribution < -0.4 is 15.5 Å². The van der Waals surface area contributed by atoms with Crippen molar-refractivity contribution in [1.82, 2.24) is 10.6 Å². The molecule has 0 saturated carbocycles. The monoisotopic (exact) mass is 386 g/mol. The second-order valence-electron chi connectivity index (χ2n) is 7.86. The predicted molar refractivity (Wildman–Crippen MR) is 103 cm³/mol. The van der Waals surface area contributed by atoms with E-state index >= 15 is 0 Å². The number of nitrogens with one attached hydrogen (secondary N) is 2. The number of ether oxygens (including phenoxy) is 1. The van der Waals surface area contributed by atoms with Crippen LogP contribution in [0.25, 0.3) is 0 Å². The maximum atomic E-state index is 12.5. The molecule has 0 spiro atoms. The molecule has 150 valence electrons. The lowest BCUT2D eigenvalue weighted by atomic mass is 9.99. The molecule has 0 aromatic heterocycles. The predicted octanol–water partition coefficient (Wildman–Crippen LogP) is 1.94. The zero-order chi connectivity index (χ0) is 20.7. The van der Waals surface area contributed by atoms with Crippen molar-refractivity contribution >= 4 is 23.6 Å². The first-order chi connectivity index (χ1) is 13.2. The Morgan fingerprint density at radius 2 is 1.96 bits per heavy atom. The van der Waals surface area contributed by atoms with Gasteiger partial charge in [0, 0.05) is 18.8 Å². The van der Waals surface area contributed by atoms with Crippen molar-refractivity contribution in [2.24, 2.45) is 5.41 Å². The highest BCUT2D eigenvalue weighted by Crippen LogP contribution is 2.22. The third-order valence-electron chi connectivity index (χ3n) is 4.10. The maximum absolute atomic E-state index is 12.5. The fourth-order valence-corrected chi connectivity index (χ4v) is 2.64. The molecule has 1 atom stereocenters. The molecule has 1 aliphatic rings. The third-order valence-corrected chi connectivity index (χ3v) is 4.10. The fraction of sp³-hybridized carbons (Fsp3) is 0.500. The van der Waals surface area contributed by atoms with Gasteiger partial charge in [0.1, 0.15) is 6.04 Å². The van der Waals surface area contributed by atoms with Gasteiger partial charge in [-0.25, -0.2) is 4.79 Å². The summed E-state index contributed by atoms with van der Waals surface area (Å²) in [7, 11) is 0. The summed E-state index contributed by atoms with van der Waals surface area (Å²) in [5, 5.41) is 14.0. The molecule has 0 radical (unpaired) electrons. The molecule has 1 aliphatic heterocycles. The van der Waals surface area contributed by atoms with E-state index in [-0.39, 0.29) is 30.3 Å². The summed E-state index contributed by atoms with van der Waals surface area (Å²) in [5.41, 5.74) is 1.10. The molecule has 1 aromatic carbocycles. The normalized spacial score (nSPS) is 16.4. The Bertz CT molecular complexity index is 762. The van der Waals surface area contributed by atoms with E-state index in [0.717, 1.165) is 0 Å². The van der Waals surface area contributed by atoms with E-state index in [1.54, 1.807) is 29.2 Å². The molecule has 1 aromatic rings. The van der Waals surface area contributed by atoms with Crippen LogP contribution >= 0.6 is 0 Å². The second-order valence-corrected chi connectivity index (χ2v) is 7.86. The number of hydrogen-bond donors (Lipinski definition) is 2. The standard InChI is InChI=1S/C20H26N4O4/c1-20(2,3)13-28-17(25)8-10-22-19(27)23-16-9-11-24(18(16)26)15-6-4-14(12-21)5-7-15/h4-7,16H,8-11,13H2,1-3H3,(H2,22,23,27)/t16-/m0/s1. The van der Waals surface area contributed by atoms with Crippen LogP contribution in [0, 0.1) is 16.7 Å². The number of anilines is 1. The lowest BCUT2D eigenvalue weighted by Crippen LogP contribution is -2.46. The maximum Gasteiger partial charge on any atom is 0.315 e. The molecule has 3 amide bonds. The van der Waals surface area contributed by atoms with Gasteiger partial charge in [-0.1, -0.05) is 20.8 Å². The molecule has 8 heteroatoms. The summed E-state index contributed by atoms with van der Waals surface area (Å²) in [4.78, 5) is 37.7. The Morgan fingerprint density at radius 3 is 2.57 bits per heavy atom. The van der Waals surface area contributed by atoms with Crippen LogP contribution in [0.3, 0.4) is 0 Å². The van der Waals surface area contributed by atoms with E-state index in [1.807, 2.05) is 26.8 Å². The molecule has 1 heterocycles. The van der Waals surface area contributed by atoms with Gasteiger partial charge in [-0.05, 0) is 36.1 Å². The van der Waals surface area contributed by atoms with Gasteiger partial charge in [0.2, 0.25) is 5.91 Å². The van der Waals surface area contributed by atoms with Crippen LogP contribution in [0.1, 0.15) is 39.2 Å². The number of benzene rings is 1. The van der Waals surface area contributed by atoms with Crippen molar-refractivity contribution in [3.8, 4) is 6.07 Å². The molecule has 1 fully saturated rings. The summed E-state index contributed by atoms with van der Waals surface area (Å²) in [6.45, 7) is 6.83. The van der Waals surface area contributed by atoms with E-state index in [1.165, 1.54) is 0 Å². The highest BCUT2D eigenvalue weighted by molar-refractivity contribution is 6.01. The number of rotatable bonds is 6. The van der Waals surface area contributed by atoms with Crippen LogP contribution in [0.2, 0.25) is 0 Å². The Labute approximate surface area is 164 Å². The summed E-state index contributed by atoms with van der Waals surface area (Å²) < 4.78 is 5.13. The Morgan fingerprint density at radius 1 is 1.29 bits per heavy atom. The van der Waals surface area contributed by atoms with Crippen LogP contribution in [0.5, 0.6) is 0 Å². The van der Waals surface area contributed by atoms with Crippen LogP contribution in [0.15, 0.2) is 24.3 Å². The summed E-state index contributed by atoms with van der Waals surface area (Å²) in [6.07, 6.45) is 0.555. The zero-order valence-corrected chi connectivity index (χ0v) is 16.4. The number of carbonyl (C=O) groups excluding carboxylic acids is 3.